The second kappa shape index (κ2) is 7.34. The van der Waals surface area contributed by atoms with Crippen molar-refractivity contribution < 1.29 is 9.59 Å². The molecule has 5 nitrogen and oxygen atoms in total. The molecule has 1 saturated heterocycles. The van der Waals surface area contributed by atoms with Crippen LogP contribution in [-0.4, -0.2) is 42.4 Å². The van der Waals surface area contributed by atoms with Crippen molar-refractivity contribution in [1.82, 2.24) is 10.2 Å². The summed E-state index contributed by atoms with van der Waals surface area (Å²) in [6, 6.07) is 7.53. The van der Waals surface area contributed by atoms with Crippen molar-refractivity contribution in [3.8, 4) is 0 Å². The summed E-state index contributed by atoms with van der Waals surface area (Å²) in [4.78, 5) is 26.8. The summed E-state index contributed by atoms with van der Waals surface area (Å²) in [5.74, 6) is 0.576. The number of nitrogens with one attached hydrogen (secondary N) is 2. The normalized spacial score (nSPS) is 24.4. The molecule has 0 spiro atoms. The van der Waals surface area contributed by atoms with Crippen molar-refractivity contribution in [2.24, 2.45) is 11.8 Å². The van der Waals surface area contributed by atoms with Crippen LogP contribution in [0.1, 0.15) is 43.5 Å². The van der Waals surface area contributed by atoms with Crippen molar-refractivity contribution in [3.05, 3.63) is 29.8 Å². The van der Waals surface area contributed by atoms with Crippen LogP contribution in [0.4, 0.5) is 5.69 Å². The number of amides is 2. The predicted octanol–water partition coefficient (Wildman–Crippen LogP) is 2.50. The lowest BCUT2D eigenvalue weighted by Crippen LogP contribution is -2.40. The van der Waals surface area contributed by atoms with Crippen LogP contribution in [0, 0.1) is 11.8 Å². The highest BCUT2D eigenvalue weighted by molar-refractivity contribution is 5.98. The van der Waals surface area contributed by atoms with Crippen molar-refractivity contribution in [2.45, 2.75) is 39.2 Å². The average Bonchev–Trinajstić information content (AvgIpc) is 3.08. The number of nitrogens with zero attached hydrogens (tertiary/aromatic N) is 1. The van der Waals surface area contributed by atoms with E-state index in [0.717, 1.165) is 19.5 Å². The molecule has 130 valence electrons. The maximum absolute atomic E-state index is 12.4. The molecule has 1 aliphatic carbocycles. The van der Waals surface area contributed by atoms with E-state index >= 15 is 0 Å². The van der Waals surface area contributed by atoms with E-state index in [2.05, 4.69) is 29.4 Å². The summed E-state index contributed by atoms with van der Waals surface area (Å²) >= 11 is 0. The van der Waals surface area contributed by atoms with Crippen LogP contribution < -0.4 is 10.6 Å². The highest BCUT2D eigenvalue weighted by Crippen LogP contribution is 2.38. The van der Waals surface area contributed by atoms with E-state index < -0.39 is 0 Å². The molecule has 1 aromatic carbocycles. The highest BCUT2D eigenvalue weighted by Gasteiger charge is 2.39. The van der Waals surface area contributed by atoms with E-state index in [1.165, 1.54) is 12.8 Å². The first-order chi connectivity index (χ1) is 11.5. The van der Waals surface area contributed by atoms with Crippen LogP contribution >= 0.6 is 0 Å². The first-order valence-corrected chi connectivity index (χ1v) is 8.98. The monoisotopic (exact) mass is 329 g/mol. The number of likely N-dealkylation sites (tertiary alicyclic amines) is 1. The van der Waals surface area contributed by atoms with E-state index in [-0.39, 0.29) is 17.7 Å². The summed E-state index contributed by atoms with van der Waals surface area (Å²) in [7, 11) is 0. The molecule has 0 aromatic heterocycles. The fraction of sp³-hybridized carbons (Fsp3) is 0.579. The third-order valence-corrected chi connectivity index (χ3v) is 5.16. The molecule has 2 amide bonds. The fourth-order valence-corrected chi connectivity index (χ4v) is 3.31. The van der Waals surface area contributed by atoms with E-state index in [1.54, 1.807) is 12.1 Å². The van der Waals surface area contributed by atoms with Gasteiger partial charge in [-0.3, -0.25) is 14.5 Å². The minimum Gasteiger partial charge on any atom is -0.350 e. The molecule has 1 aliphatic heterocycles. The minimum atomic E-state index is -0.0862. The van der Waals surface area contributed by atoms with Crippen LogP contribution in [0.15, 0.2) is 24.3 Å². The lowest BCUT2D eigenvalue weighted by molar-refractivity contribution is -0.117. The summed E-state index contributed by atoms with van der Waals surface area (Å²) in [5, 5.41) is 5.92. The topological polar surface area (TPSA) is 61.4 Å². The first-order valence-electron chi connectivity index (χ1n) is 8.98. The van der Waals surface area contributed by atoms with E-state index in [4.69, 9.17) is 0 Å². The molecule has 2 N–H and O–H groups in total. The number of carbonyl (C=O) groups excluding carboxylic acids is 2. The van der Waals surface area contributed by atoms with E-state index in [0.29, 0.717) is 29.8 Å². The number of carbonyl (C=O) groups is 2. The fourth-order valence-electron chi connectivity index (χ4n) is 3.31. The van der Waals surface area contributed by atoms with Crippen LogP contribution in [0.2, 0.25) is 0 Å². The van der Waals surface area contributed by atoms with Crippen LogP contribution in [0.3, 0.4) is 0 Å². The lowest BCUT2D eigenvalue weighted by Gasteiger charge is -2.23. The third-order valence-electron chi connectivity index (χ3n) is 5.16. The standard InChI is InChI=1S/C19H27N3O2/c1-13-10-17(13)19(24)21-16-7-5-6-15(11-16)18(23)20-12-14(2)22-8-3-4-9-22/h5-7,11,13-14,17H,3-4,8-10,12H2,1-2H3,(H,20,23)(H,21,24). The smallest absolute Gasteiger partial charge is 0.251 e. The van der Waals surface area contributed by atoms with Gasteiger partial charge in [-0.15, -0.1) is 0 Å². The first kappa shape index (κ1) is 17.0. The van der Waals surface area contributed by atoms with Gasteiger partial charge in [0.15, 0.2) is 0 Å². The van der Waals surface area contributed by atoms with E-state index in [9.17, 15) is 9.59 Å². The summed E-state index contributed by atoms with van der Waals surface area (Å²) < 4.78 is 0. The molecule has 2 fully saturated rings. The molecule has 5 heteroatoms. The molecule has 24 heavy (non-hydrogen) atoms. The largest absolute Gasteiger partial charge is 0.350 e. The summed E-state index contributed by atoms with van der Waals surface area (Å²) in [6.45, 7) is 7.12. The van der Waals surface area contributed by atoms with E-state index in [1.807, 2.05) is 12.1 Å². The van der Waals surface area contributed by atoms with Gasteiger partial charge < -0.3 is 10.6 Å². The Balaban J connectivity index is 1.52. The van der Waals surface area contributed by atoms with Gasteiger partial charge in [-0.25, -0.2) is 0 Å². The second-order valence-electron chi connectivity index (χ2n) is 7.19. The SMILES string of the molecule is CC1CC1C(=O)Nc1cccc(C(=O)NCC(C)N2CCCC2)c1. The zero-order valence-corrected chi connectivity index (χ0v) is 14.5. The number of benzene rings is 1. The average molecular weight is 329 g/mol. The Hall–Kier alpha value is -1.88. The van der Waals surface area contributed by atoms with Gasteiger partial charge in [0, 0.05) is 29.8 Å². The summed E-state index contributed by atoms with van der Waals surface area (Å²) in [6.07, 6.45) is 3.46. The number of rotatable bonds is 6. The Labute approximate surface area is 143 Å². The maximum Gasteiger partial charge on any atom is 0.251 e. The Morgan fingerprint density at radius 2 is 2.00 bits per heavy atom. The molecular weight excluding hydrogens is 302 g/mol. The predicted molar refractivity (Wildman–Crippen MR) is 94.9 cm³/mol. The van der Waals surface area contributed by atoms with Crippen LogP contribution in [-0.2, 0) is 4.79 Å². The molecular formula is C19H27N3O2. The maximum atomic E-state index is 12.4. The van der Waals surface area contributed by atoms with Gasteiger partial charge in [-0.05, 0) is 63.4 Å². The second-order valence-corrected chi connectivity index (χ2v) is 7.19. The Morgan fingerprint density at radius 1 is 1.29 bits per heavy atom. The van der Waals surface area contributed by atoms with Crippen molar-refractivity contribution >= 4 is 17.5 Å². The van der Waals surface area contributed by atoms with Crippen LogP contribution in [0.5, 0.6) is 0 Å². The van der Waals surface area contributed by atoms with Gasteiger partial charge >= 0.3 is 0 Å². The Bertz CT molecular complexity index is 610. The zero-order valence-electron chi connectivity index (χ0n) is 14.5. The van der Waals surface area contributed by atoms with Crippen molar-refractivity contribution in [1.29, 1.82) is 0 Å². The zero-order chi connectivity index (χ0) is 17.1. The molecule has 3 atom stereocenters. The van der Waals surface area contributed by atoms with Gasteiger partial charge in [-0.2, -0.15) is 0 Å². The van der Waals surface area contributed by atoms with Crippen molar-refractivity contribution in [3.63, 3.8) is 0 Å². The van der Waals surface area contributed by atoms with Gasteiger partial charge in [0.05, 0.1) is 0 Å². The van der Waals surface area contributed by atoms with Crippen molar-refractivity contribution in [2.75, 3.05) is 25.0 Å². The number of hydrogen-bond acceptors (Lipinski definition) is 3. The molecule has 1 saturated carbocycles. The molecule has 1 aromatic rings. The quantitative estimate of drug-likeness (QED) is 0.843. The molecule has 1 heterocycles. The molecule has 0 bridgehead atoms. The van der Waals surface area contributed by atoms with Gasteiger partial charge in [-0.1, -0.05) is 13.0 Å². The minimum absolute atomic E-state index is 0.0581. The Kier molecular flexibility index (Phi) is 5.19. The van der Waals surface area contributed by atoms with Gasteiger partial charge in [0.1, 0.15) is 0 Å². The van der Waals surface area contributed by atoms with Gasteiger partial charge in [0.2, 0.25) is 5.91 Å². The summed E-state index contributed by atoms with van der Waals surface area (Å²) in [5.41, 5.74) is 1.28. The Morgan fingerprint density at radius 3 is 2.67 bits per heavy atom. The highest BCUT2D eigenvalue weighted by atomic mass is 16.2. The molecule has 0 radical (unpaired) electrons. The third kappa shape index (κ3) is 4.15. The molecule has 3 rings (SSSR count). The molecule has 2 aliphatic rings. The lowest BCUT2D eigenvalue weighted by atomic mass is 10.1. The number of anilines is 1. The van der Waals surface area contributed by atoms with Crippen LogP contribution in [0.25, 0.3) is 0 Å². The molecule has 3 unspecified atom stereocenters. The number of hydrogen-bond donors (Lipinski definition) is 2. The van der Waals surface area contributed by atoms with Gasteiger partial charge in [0.25, 0.3) is 5.91 Å².